The molecule has 0 aliphatic rings. The summed E-state index contributed by atoms with van der Waals surface area (Å²) in [5.74, 6) is 2.70. The molecule has 0 nitrogen and oxygen atoms in total. The normalized spacial score (nSPS) is 14.8. The quantitative estimate of drug-likeness (QED) is 0.558. The molecule has 0 aliphatic heterocycles. The molecule has 0 radical (unpaired) electrons. The number of rotatable bonds is 5. The van der Waals surface area contributed by atoms with Crippen LogP contribution in [0.5, 0.6) is 0 Å². The lowest BCUT2D eigenvalue weighted by Gasteiger charge is -2.20. The average Bonchev–Trinajstić information content (AvgIpc) is 2.07. The molecule has 0 saturated carbocycles. The van der Waals surface area contributed by atoms with Crippen molar-refractivity contribution in [3.05, 3.63) is 0 Å². The van der Waals surface area contributed by atoms with Crippen LogP contribution in [0, 0.1) is 17.8 Å². The van der Waals surface area contributed by atoms with Crippen molar-refractivity contribution in [3.8, 4) is 0 Å². The Morgan fingerprint density at radius 3 is 1.62 bits per heavy atom. The molecule has 0 rings (SSSR count). The third-order valence-corrected chi connectivity index (χ3v) is 2.56. The molecule has 0 bridgehead atoms. The summed E-state index contributed by atoms with van der Waals surface area (Å²) in [6.07, 6.45) is 4.12. The van der Waals surface area contributed by atoms with Crippen molar-refractivity contribution in [3.63, 3.8) is 0 Å². The first-order valence-corrected chi connectivity index (χ1v) is 6.07. The maximum atomic E-state index is 2.39. The van der Waals surface area contributed by atoms with Crippen LogP contribution in [0.15, 0.2) is 0 Å². The van der Waals surface area contributed by atoms with Crippen LogP contribution >= 0.6 is 0 Å². The molecule has 0 spiro atoms. The molecule has 0 heterocycles. The van der Waals surface area contributed by atoms with Crippen LogP contribution in [0.4, 0.5) is 0 Å². The summed E-state index contributed by atoms with van der Waals surface area (Å²) in [5.41, 5.74) is 0. The molecular formula is C13H30. The minimum absolute atomic E-state index is 0.865. The van der Waals surface area contributed by atoms with Gasteiger partial charge in [-0.15, -0.1) is 0 Å². The smallest absolute Gasteiger partial charge is 0.0415 e. The molecule has 0 saturated heterocycles. The Labute approximate surface area is 86.1 Å². The first kappa shape index (κ1) is 15.5. The molecule has 0 aliphatic carbocycles. The average molecular weight is 186 g/mol. The van der Waals surface area contributed by atoms with Gasteiger partial charge in [0.05, 0.1) is 0 Å². The van der Waals surface area contributed by atoms with Crippen LogP contribution < -0.4 is 0 Å². The highest BCUT2D eigenvalue weighted by molar-refractivity contribution is 4.63. The standard InChI is InChI=1S/C11H24.C2H6/c1-6-7-10(4)11(5)8-9(2)3;1-2/h9-11H,6-8H2,1-5H3;1-2H3. The summed E-state index contributed by atoms with van der Waals surface area (Å²) < 4.78 is 0. The topological polar surface area (TPSA) is 0 Å². The number of hydrogen-bond donors (Lipinski definition) is 0. The molecule has 82 valence electrons. The predicted molar refractivity (Wildman–Crippen MR) is 64.0 cm³/mol. The van der Waals surface area contributed by atoms with Gasteiger partial charge < -0.3 is 0 Å². The summed E-state index contributed by atoms with van der Waals surface area (Å²) in [6.45, 7) is 15.7. The molecule has 2 unspecified atom stereocenters. The van der Waals surface area contributed by atoms with Gasteiger partial charge in [-0.05, 0) is 24.2 Å². The van der Waals surface area contributed by atoms with Gasteiger partial charge in [0, 0.05) is 0 Å². The lowest BCUT2D eigenvalue weighted by molar-refractivity contribution is 0.306. The zero-order chi connectivity index (χ0) is 10.9. The minimum Gasteiger partial charge on any atom is -0.0683 e. The molecule has 0 aromatic carbocycles. The SMILES string of the molecule is CC.CCCC(C)C(C)CC(C)C. The van der Waals surface area contributed by atoms with Crippen molar-refractivity contribution in [2.75, 3.05) is 0 Å². The second-order valence-corrected chi connectivity index (χ2v) is 4.37. The van der Waals surface area contributed by atoms with Gasteiger partial charge >= 0.3 is 0 Å². The molecule has 0 heteroatoms. The zero-order valence-electron chi connectivity index (χ0n) is 10.9. The highest BCUT2D eigenvalue weighted by Gasteiger charge is 2.11. The third kappa shape index (κ3) is 9.92. The molecule has 2 atom stereocenters. The molecule has 0 amide bonds. The lowest BCUT2D eigenvalue weighted by atomic mass is 9.86. The number of hydrogen-bond acceptors (Lipinski definition) is 0. The maximum absolute atomic E-state index is 2.39. The van der Waals surface area contributed by atoms with E-state index in [1.54, 1.807) is 0 Å². The monoisotopic (exact) mass is 186 g/mol. The van der Waals surface area contributed by atoms with Crippen molar-refractivity contribution in [2.45, 2.75) is 67.7 Å². The fraction of sp³-hybridized carbons (Fsp3) is 1.00. The molecule has 0 aromatic heterocycles. The largest absolute Gasteiger partial charge is 0.0683 e. The Hall–Kier alpha value is 0. The Morgan fingerprint density at radius 2 is 1.31 bits per heavy atom. The first-order chi connectivity index (χ1) is 6.07. The fourth-order valence-corrected chi connectivity index (χ4v) is 1.72. The summed E-state index contributed by atoms with van der Waals surface area (Å²) >= 11 is 0. The van der Waals surface area contributed by atoms with Gasteiger partial charge in [-0.3, -0.25) is 0 Å². The van der Waals surface area contributed by atoms with Crippen molar-refractivity contribution < 1.29 is 0 Å². The van der Waals surface area contributed by atoms with Gasteiger partial charge in [-0.25, -0.2) is 0 Å². The lowest BCUT2D eigenvalue weighted by Crippen LogP contribution is -2.10. The van der Waals surface area contributed by atoms with Crippen LogP contribution in [-0.4, -0.2) is 0 Å². The van der Waals surface area contributed by atoms with E-state index >= 15 is 0 Å². The van der Waals surface area contributed by atoms with Crippen LogP contribution in [-0.2, 0) is 0 Å². The fourth-order valence-electron chi connectivity index (χ4n) is 1.72. The van der Waals surface area contributed by atoms with Crippen molar-refractivity contribution in [2.24, 2.45) is 17.8 Å². The Kier molecular flexibility index (Phi) is 12.0. The van der Waals surface area contributed by atoms with Crippen LogP contribution in [0.1, 0.15) is 67.7 Å². The Balaban J connectivity index is 0. The molecular weight excluding hydrogens is 156 g/mol. The molecule has 0 aromatic rings. The van der Waals surface area contributed by atoms with Crippen LogP contribution in [0.3, 0.4) is 0 Å². The molecule has 0 fully saturated rings. The van der Waals surface area contributed by atoms with E-state index in [4.69, 9.17) is 0 Å². The summed E-state index contributed by atoms with van der Waals surface area (Å²) in [4.78, 5) is 0. The van der Waals surface area contributed by atoms with E-state index in [9.17, 15) is 0 Å². The second-order valence-electron chi connectivity index (χ2n) is 4.37. The Bertz CT molecular complexity index is 84.0. The van der Waals surface area contributed by atoms with E-state index in [2.05, 4.69) is 34.6 Å². The van der Waals surface area contributed by atoms with Gasteiger partial charge in [0.1, 0.15) is 0 Å². The van der Waals surface area contributed by atoms with Crippen LogP contribution in [0.25, 0.3) is 0 Å². The van der Waals surface area contributed by atoms with Crippen LogP contribution in [0.2, 0.25) is 0 Å². The van der Waals surface area contributed by atoms with Crippen molar-refractivity contribution in [1.82, 2.24) is 0 Å². The summed E-state index contributed by atoms with van der Waals surface area (Å²) in [6, 6.07) is 0. The highest BCUT2D eigenvalue weighted by Crippen LogP contribution is 2.23. The maximum Gasteiger partial charge on any atom is -0.0415 e. The van der Waals surface area contributed by atoms with E-state index in [-0.39, 0.29) is 0 Å². The van der Waals surface area contributed by atoms with E-state index in [1.807, 2.05) is 13.8 Å². The summed E-state index contributed by atoms with van der Waals surface area (Å²) in [7, 11) is 0. The predicted octanol–water partition coefficient (Wildman–Crippen LogP) is 5.13. The summed E-state index contributed by atoms with van der Waals surface area (Å²) in [5, 5.41) is 0. The van der Waals surface area contributed by atoms with Crippen molar-refractivity contribution in [1.29, 1.82) is 0 Å². The van der Waals surface area contributed by atoms with E-state index < -0.39 is 0 Å². The van der Waals surface area contributed by atoms with E-state index in [1.165, 1.54) is 19.3 Å². The minimum atomic E-state index is 0.865. The zero-order valence-corrected chi connectivity index (χ0v) is 10.9. The van der Waals surface area contributed by atoms with Gasteiger partial charge in [0.15, 0.2) is 0 Å². The van der Waals surface area contributed by atoms with Gasteiger partial charge in [0.2, 0.25) is 0 Å². The Morgan fingerprint density at radius 1 is 0.846 bits per heavy atom. The highest BCUT2D eigenvalue weighted by atomic mass is 14.2. The van der Waals surface area contributed by atoms with Crippen molar-refractivity contribution >= 4 is 0 Å². The second kappa shape index (κ2) is 10.1. The van der Waals surface area contributed by atoms with Gasteiger partial charge in [-0.2, -0.15) is 0 Å². The van der Waals surface area contributed by atoms with E-state index in [0.29, 0.717) is 0 Å². The molecule has 13 heavy (non-hydrogen) atoms. The molecule has 0 N–H and O–H groups in total. The first-order valence-electron chi connectivity index (χ1n) is 6.07. The third-order valence-electron chi connectivity index (χ3n) is 2.56. The van der Waals surface area contributed by atoms with Gasteiger partial charge in [0.25, 0.3) is 0 Å². The van der Waals surface area contributed by atoms with Gasteiger partial charge in [-0.1, -0.05) is 61.3 Å². The van der Waals surface area contributed by atoms with E-state index in [0.717, 1.165) is 17.8 Å².